The van der Waals surface area contributed by atoms with Crippen molar-refractivity contribution < 1.29 is 19.7 Å². The van der Waals surface area contributed by atoms with Crippen molar-refractivity contribution in [2.45, 2.75) is 13.2 Å². The molecule has 2 aromatic carbocycles. The van der Waals surface area contributed by atoms with Crippen molar-refractivity contribution in [2.75, 3.05) is 0 Å². The van der Waals surface area contributed by atoms with Gasteiger partial charge in [-0.05, 0) is 19.1 Å². The molecule has 1 atom stereocenters. The van der Waals surface area contributed by atoms with Crippen LogP contribution in [0.4, 0.5) is 0 Å². The van der Waals surface area contributed by atoms with Gasteiger partial charge in [-0.25, -0.2) is 0 Å². The molecule has 0 radical (unpaired) electrons. The van der Waals surface area contributed by atoms with E-state index in [-0.39, 0.29) is 22.8 Å². The molecule has 0 aromatic heterocycles. The van der Waals surface area contributed by atoms with Crippen LogP contribution >= 0.6 is 0 Å². The Morgan fingerprint density at radius 2 is 1.79 bits per heavy atom. The van der Waals surface area contributed by atoms with E-state index < -0.39 is 6.29 Å². The highest BCUT2D eigenvalue weighted by Gasteiger charge is 2.17. The van der Waals surface area contributed by atoms with Gasteiger partial charge < -0.3 is 14.9 Å². The lowest BCUT2D eigenvalue weighted by Crippen LogP contribution is -2.10. The number of carbonyl (C=O) groups is 1. The summed E-state index contributed by atoms with van der Waals surface area (Å²) in [5.74, 6) is -0.483. The summed E-state index contributed by atoms with van der Waals surface area (Å²) >= 11 is 0. The van der Waals surface area contributed by atoms with Crippen LogP contribution in [0.25, 0.3) is 0 Å². The van der Waals surface area contributed by atoms with Crippen molar-refractivity contribution in [3.63, 3.8) is 0 Å². The first-order chi connectivity index (χ1) is 9.09. The Labute approximate surface area is 110 Å². The van der Waals surface area contributed by atoms with Gasteiger partial charge in [0.25, 0.3) is 0 Å². The largest absolute Gasteiger partial charge is 0.504 e. The van der Waals surface area contributed by atoms with Gasteiger partial charge in [-0.1, -0.05) is 36.4 Å². The second kappa shape index (κ2) is 5.54. The fraction of sp³-hybridized carbons (Fsp3) is 0.133. The molecular formula is C15H14O4. The third kappa shape index (κ3) is 2.92. The van der Waals surface area contributed by atoms with Gasteiger partial charge in [0.1, 0.15) is 0 Å². The predicted octanol–water partition coefficient (Wildman–Crippen LogP) is 2.34. The topological polar surface area (TPSA) is 66.8 Å². The molecule has 1 unspecified atom stereocenters. The highest BCUT2D eigenvalue weighted by atomic mass is 16.6. The van der Waals surface area contributed by atoms with Gasteiger partial charge in [-0.15, -0.1) is 0 Å². The predicted molar refractivity (Wildman–Crippen MR) is 70.3 cm³/mol. The van der Waals surface area contributed by atoms with Gasteiger partial charge in [0.2, 0.25) is 0 Å². The van der Waals surface area contributed by atoms with E-state index in [2.05, 4.69) is 0 Å². The lowest BCUT2D eigenvalue weighted by Gasteiger charge is -2.12. The Balaban J connectivity index is 2.38. The Bertz CT molecular complexity index is 576. The zero-order chi connectivity index (χ0) is 13.8. The number of hydrogen-bond donors (Lipinski definition) is 2. The summed E-state index contributed by atoms with van der Waals surface area (Å²) in [7, 11) is 0. The first-order valence-corrected chi connectivity index (χ1v) is 5.86. The van der Waals surface area contributed by atoms with Gasteiger partial charge in [0.15, 0.2) is 23.6 Å². The average molecular weight is 258 g/mol. The van der Waals surface area contributed by atoms with Crippen LogP contribution in [0.15, 0.2) is 48.5 Å². The van der Waals surface area contributed by atoms with Crippen LogP contribution in [0.3, 0.4) is 0 Å². The molecule has 0 saturated carbocycles. The smallest absolute Gasteiger partial charge is 0.196 e. The van der Waals surface area contributed by atoms with Crippen molar-refractivity contribution in [1.82, 2.24) is 0 Å². The lowest BCUT2D eigenvalue weighted by atomic mass is 10.0. The van der Waals surface area contributed by atoms with Crippen molar-refractivity contribution in [3.05, 3.63) is 59.7 Å². The highest BCUT2D eigenvalue weighted by molar-refractivity contribution is 6.11. The number of phenols is 1. The number of carbonyl (C=O) groups excluding carboxylic acids is 1. The fourth-order valence-electron chi connectivity index (χ4n) is 1.73. The molecule has 0 amide bonds. The minimum Gasteiger partial charge on any atom is -0.504 e. The quantitative estimate of drug-likeness (QED) is 0.652. The number of aromatic hydroxyl groups is 1. The normalized spacial score (nSPS) is 11.9. The number of ketones is 1. The standard InChI is InChI=1S/C15H14O4/c1-10(16)19-13-9-5-8-12(15(13)18)14(17)11-6-3-2-4-7-11/h2-10,16,18H,1H3. The average Bonchev–Trinajstić information content (AvgIpc) is 2.41. The maximum absolute atomic E-state index is 12.2. The number of para-hydroxylation sites is 1. The van der Waals surface area contributed by atoms with Gasteiger partial charge >= 0.3 is 0 Å². The van der Waals surface area contributed by atoms with Gasteiger partial charge in [0, 0.05) is 5.56 Å². The molecular weight excluding hydrogens is 244 g/mol. The van der Waals surface area contributed by atoms with E-state index in [1.54, 1.807) is 30.3 Å². The number of ether oxygens (including phenoxy) is 1. The third-order valence-corrected chi connectivity index (χ3v) is 2.58. The van der Waals surface area contributed by atoms with E-state index in [0.29, 0.717) is 5.56 Å². The Hall–Kier alpha value is -2.33. The molecule has 2 rings (SSSR count). The van der Waals surface area contributed by atoms with Crippen LogP contribution < -0.4 is 4.74 Å². The van der Waals surface area contributed by atoms with E-state index >= 15 is 0 Å². The van der Waals surface area contributed by atoms with Gasteiger partial charge in [-0.3, -0.25) is 4.79 Å². The van der Waals surface area contributed by atoms with Crippen LogP contribution in [0.5, 0.6) is 11.5 Å². The molecule has 4 heteroatoms. The minimum atomic E-state index is -1.06. The molecule has 0 bridgehead atoms. The zero-order valence-corrected chi connectivity index (χ0v) is 10.4. The summed E-state index contributed by atoms with van der Waals surface area (Å²) in [6.45, 7) is 1.42. The lowest BCUT2D eigenvalue weighted by molar-refractivity contribution is -0.00216. The molecule has 0 saturated heterocycles. The first kappa shape index (κ1) is 13.1. The summed E-state index contributed by atoms with van der Waals surface area (Å²) in [5.41, 5.74) is 0.622. The van der Waals surface area contributed by atoms with Gasteiger partial charge in [-0.2, -0.15) is 0 Å². The van der Waals surface area contributed by atoms with Crippen LogP contribution in [-0.2, 0) is 0 Å². The molecule has 98 valence electrons. The minimum absolute atomic E-state index is 0.0804. The van der Waals surface area contributed by atoms with Crippen molar-refractivity contribution in [1.29, 1.82) is 0 Å². The maximum Gasteiger partial charge on any atom is 0.196 e. The molecule has 2 N–H and O–H groups in total. The molecule has 0 fully saturated rings. The summed E-state index contributed by atoms with van der Waals surface area (Å²) in [6, 6.07) is 13.2. The third-order valence-electron chi connectivity index (χ3n) is 2.58. The van der Waals surface area contributed by atoms with Crippen LogP contribution in [0, 0.1) is 0 Å². The van der Waals surface area contributed by atoms with E-state index in [0.717, 1.165) is 0 Å². The van der Waals surface area contributed by atoms with Crippen LogP contribution in [0.1, 0.15) is 22.8 Å². The number of hydrogen-bond acceptors (Lipinski definition) is 4. The van der Waals surface area contributed by atoms with Crippen molar-refractivity contribution in [2.24, 2.45) is 0 Å². The Morgan fingerprint density at radius 3 is 2.42 bits per heavy atom. The monoisotopic (exact) mass is 258 g/mol. The molecule has 19 heavy (non-hydrogen) atoms. The molecule has 0 spiro atoms. The molecule has 4 nitrogen and oxygen atoms in total. The van der Waals surface area contributed by atoms with E-state index in [1.165, 1.54) is 19.1 Å². The highest BCUT2D eigenvalue weighted by Crippen LogP contribution is 2.31. The number of aliphatic hydroxyl groups excluding tert-OH is 1. The number of rotatable bonds is 4. The molecule has 0 aliphatic carbocycles. The zero-order valence-electron chi connectivity index (χ0n) is 10.4. The Kier molecular flexibility index (Phi) is 3.82. The molecule has 2 aromatic rings. The molecule has 0 heterocycles. The van der Waals surface area contributed by atoms with E-state index in [4.69, 9.17) is 9.84 Å². The number of aliphatic hydroxyl groups is 1. The summed E-state index contributed by atoms with van der Waals surface area (Å²) in [4.78, 5) is 12.2. The van der Waals surface area contributed by atoms with Crippen LogP contribution in [-0.4, -0.2) is 22.3 Å². The van der Waals surface area contributed by atoms with Crippen molar-refractivity contribution >= 4 is 5.78 Å². The SMILES string of the molecule is CC(O)Oc1cccc(C(=O)c2ccccc2)c1O. The summed E-state index contributed by atoms with van der Waals surface area (Å²) in [6.07, 6.45) is -1.06. The molecule has 0 aliphatic rings. The second-order valence-corrected chi connectivity index (χ2v) is 4.06. The van der Waals surface area contributed by atoms with Crippen LogP contribution in [0.2, 0.25) is 0 Å². The number of benzene rings is 2. The van der Waals surface area contributed by atoms with E-state index in [1.807, 2.05) is 6.07 Å². The molecule has 0 aliphatic heterocycles. The van der Waals surface area contributed by atoms with Gasteiger partial charge in [0.05, 0.1) is 5.56 Å². The number of phenolic OH excluding ortho intramolecular Hbond substituents is 1. The fourth-order valence-corrected chi connectivity index (χ4v) is 1.73. The first-order valence-electron chi connectivity index (χ1n) is 5.86. The van der Waals surface area contributed by atoms with E-state index in [9.17, 15) is 9.90 Å². The second-order valence-electron chi connectivity index (χ2n) is 4.06. The summed E-state index contributed by atoms with van der Waals surface area (Å²) < 4.78 is 5.02. The Morgan fingerprint density at radius 1 is 1.11 bits per heavy atom. The summed E-state index contributed by atoms with van der Waals surface area (Å²) in [5, 5.41) is 19.2. The maximum atomic E-state index is 12.2. The van der Waals surface area contributed by atoms with Crippen molar-refractivity contribution in [3.8, 4) is 11.5 Å².